The maximum atomic E-state index is 14.5. The quantitative estimate of drug-likeness (QED) is 0.223. The van der Waals surface area contributed by atoms with Crippen LogP contribution in [0.5, 0.6) is 0 Å². The first-order valence-electron chi connectivity index (χ1n) is 14.4. The molecule has 0 saturated carbocycles. The van der Waals surface area contributed by atoms with Gasteiger partial charge in [0, 0.05) is 23.2 Å². The summed E-state index contributed by atoms with van der Waals surface area (Å²) < 4.78 is 33.8. The summed E-state index contributed by atoms with van der Waals surface area (Å²) in [5.74, 6) is -0.479. The Morgan fingerprint density at radius 3 is 2.39 bits per heavy atom. The predicted octanol–water partition coefficient (Wildman–Crippen LogP) is 8.15. The van der Waals surface area contributed by atoms with Crippen molar-refractivity contribution in [2.24, 2.45) is 5.73 Å². The number of nitriles is 1. The first-order valence-corrected chi connectivity index (χ1v) is 14.4. The van der Waals surface area contributed by atoms with Gasteiger partial charge < -0.3 is 15.1 Å². The number of rotatable bonds is 5. The number of likely N-dealkylation sites (tertiary alicyclic amines) is 1. The van der Waals surface area contributed by atoms with Crippen LogP contribution in [0, 0.1) is 29.9 Å². The number of hydrogen-bond donors (Lipinski definition) is 1. The lowest BCUT2D eigenvalue weighted by atomic mass is 9.95. The Kier molecular flexibility index (Phi) is 9.27. The van der Waals surface area contributed by atoms with E-state index >= 15 is 0 Å². The Morgan fingerprint density at radius 1 is 1.02 bits per heavy atom. The van der Waals surface area contributed by atoms with Crippen LogP contribution in [0.25, 0.3) is 22.6 Å². The molecule has 2 atom stereocenters. The van der Waals surface area contributed by atoms with Crippen molar-refractivity contribution in [3.8, 4) is 28.7 Å². The zero-order chi connectivity index (χ0) is 31.2. The highest BCUT2D eigenvalue weighted by Crippen LogP contribution is 2.36. The molecule has 1 aromatic heterocycles. The van der Waals surface area contributed by atoms with Crippen molar-refractivity contribution in [2.75, 3.05) is 6.54 Å². The van der Waals surface area contributed by atoms with Gasteiger partial charge in [0.2, 0.25) is 5.89 Å². The number of aromatic nitrogens is 1. The molecule has 1 aliphatic rings. The van der Waals surface area contributed by atoms with Gasteiger partial charge in [0.05, 0.1) is 23.8 Å². The standard InChI is InChI=1S/C29H24F2N4O2.C7H8/c1-17(33)27-16-34-28(37-27)20-12-19(23-4-2-5-25(31)24(23)15-32)13-21(14-20)29(36)35-11-3-6-26(35)18-7-9-22(30)10-8-18;1-7-5-3-2-4-6-7/h2,4-5,7-10,12-14,16-17,26H,3,6,11,33H2,1H3;2-6H,1H3. The van der Waals surface area contributed by atoms with E-state index in [0.717, 1.165) is 18.4 Å². The van der Waals surface area contributed by atoms with E-state index in [9.17, 15) is 18.8 Å². The summed E-state index contributed by atoms with van der Waals surface area (Å²) in [6.45, 7) is 4.39. The van der Waals surface area contributed by atoms with Crippen LogP contribution in [-0.2, 0) is 0 Å². The maximum absolute atomic E-state index is 14.5. The van der Waals surface area contributed by atoms with Gasteiger partial charge in [0.25, 0.3) is 5.91 Å². The summed E-state index contributed by atoms with van der Waals surface area (Å²) in [5, 5.41) is 9.61. The predicted molar refractivity (Wildman–Crippen MR) is 165 cm³/mol. The van der Waals surface area contributed by atoms with Crippen molar-refractivity contribution in [1.82, 2.24) is 9.88 Å². The molecular formula is C36H32F2N4O2. The van der Waals surface area contributed by atoms with Crippen LogP contribution in [0.3, 0.4) is 0 Å². The second-order valence-electron chi connectivity index (χ2n) is 10.8. The molecule has 0 bridgehead atoms. The third-order valence-electron chi connectivity index (χ3n) is 7.54. The molecule has 8 heteroatoms. The Hall–Kier alpha value is -5.13. The molecular weight excluding hydrogens is 558 g/mol. The largest absolute Gasteiger partial charge is 0.440 e. The van der Waals surface area contributed by atoms with E-state index in [2.05, 4.69) is 24.0 Å². The van der Waals surface area contributed by atoms with Gasteiger partial charge in [-0.25, -0.2) is 13.8 Å². The summed E-state index contributed by atoms with van der Waals surface area (Å²) in [6, 6.07) is 27.2. The first-order chi connectivity index (χ1) is 21.2. The van der Waals surface area contributed by atoms with Crippen molar-refractivity contribution in [2.45, 2.75) is 38.8 Å². The second-order valence-corrected chi connectivity index (χ2v) is 10.8. The zero-order valence-electron chi connectivity index (χ0n) is 24.5. The molecule has 0 spiro atoms. The fourth-order valence-electron chi connectivity index (χ4n) is 5.28. The maximum Gasteiger partial charge on any atom is 0.254 e. The van der Waals surface area contributed by atoms with Crippen LogP contribution >= 0.6 is 0 Å². The minimum Gasteiger partial charge on any atom is -0.440 e. The molecule has 44 heavy (non-hydrogen) atoms. The van der Waals surface area contributed by atoms with E-state index in [0.29, 0.717) is 34.6 Å². The average molecular weight is 591 g/mol. The Balaban J connectivity index is 0.000000484. The third-order valence-corrected chi connectivity index (χ3v) is 7.54. The average Bonchev–Trinajstić information content (AvgIpc) is 3.73. The number of aryl methyl sites for hydroxylation is 1. The highest BCUT2D eigenvalue weighted by atomic mass is 19.1. The second kappa shape index (κ2) is 13.4. The summed E-state index contributed by atoms with van der Waals surface area (Å²) >= 11 is 0. The van der Waals surface area contributed by atoms with E-state index in [4.69, 9.17) is 10.2 Å². The molecule has 1 fully saturated rings. The van der Waals surface area contributed by atoms with Crippen LogP contribution in [0.2, 0.25) is 0 Å². The van der Waals surface area contributed by atoms with Gasteiger partial charge >= 0.3 is 0 Å². The molecule has 2 unspecified atom stereocenters. The van der Waals surface area contributed by atoms with Crippen LogP contribution < -0.4 is 5.73 Å². The number of benzene rings is 4. The van der Waals surface area contributed by atoms with E-state index in [1.165, 1.54) is 36.0 Å². The third kappa shape index (κ3) is 6.74. The van der Waals surface area contributed by atoms with Crippen molar-refractivity contribution in [1.29, 1.82) is 5.26 Å². The topological polar surface area (TPSA) is 96.1 Å². The van der Waals surface area contributed by atoms with Crippen molar-refractivity contribution < 1.29 is 18.0 Å². The molecule has 222 valence electrons. The summed E-state index contributed by atoms with van der Waals surface area (Å²) in [4.78, 5) is 19.9. The number of halogens is 2. The fraction of sp³-hybridized carbons (Fsp3) is 0.194. The first kappa shape index (κ1) is 30.3. The van der Waals surface area contributed by atoms with Gasteiger partial charge in [-0.2, -0.15) is 5.26 Å². The number of carbonyl (C=O) groups is 1. The monoisotopic (exact) mass is 590 g/mol. The fourth-order valence-corrected chi connectivity index (χ4v) is 5.28. The minimum atomic E-state index is -0.649. The minimum absolute atomic E-state index is 0.118. The van der Waals surface area contributed by atoms with Crippen molar-refractivity contribution >= 4 is 5.91 Å². The lowest BCUT2D eigenvalue weighted by Gasteiger charge is -2.25. The number of nitrogens with two attached hydrogens (primary N) is 1. The van der Waals surface area contributed by atoms with Crippen LogP contribution in [0.1, 0.15) is 64.7 Å². The summed E-state index contributed by atoms with van der Waals surface area (Å²) in [5.41, 5.74) is 9.66. The molecule has 0 aliphatic carbocycles. The normalized spacial score (nSPS) is 14.8. The number of oxazole rings is 1. The highest BCUT2D eigenvalue weighted by molar-refractivity contribution is 5.97. The summed E-state index contributed by atoms with van der Waals surface area (Å²) in [7, 11) is 0. The lowest BCUT2D eigenvalue weighted by Crippen LogP contribution is -2.30. The highest BCUT2D eigenvalue weighted by Gasteiger charge is 2.31. The van der Waals surface area contributed by atoms with Gasteiger partial charge in [-0.15, -0.1) is 0 Å². The Labute approximate surface area is 255 Å². The lowest BCUT2D eigenvalue weighted by molar-refractivity contribution is 0.0735. The molecule has 1 amide bonds. The van der Waals surface area contributed by atoms with E-state index < -0.39 is 5.82 Å². The van der Waals surface area contributed by atoms with Gasteiger partial charge in [-0.1, -0.05) is 60.2 Å². The van der Waals surface area contributed by atoms with Crippen molar-refractivity contribution in [3.63, 3.8) is 0 Å². The number of amides is 1. The van der Waals surface area contributed by atoms with Gasteiger partial charge in [-0.3, -0.25) is 4.79 Å². The van der Waals surface area contributed by atoms with Gasteiger partial charge in [0.1, 0.15) is 23.5 Å². The molecule has 2 N–H and O–H groups in total. The van der Waals surface area contributed by atoms with Crippen molar-refractivity contribution in [3.05, 3.63) is 137 Å². The van der Waals surface area contributed by atoms with Gasteiger partial charge in [-0.05, 0) is 74.2 Å². The molecule has 1 saturated heterocycles. The molecule has 6 rings (SSSR count). The smallest absolute Gasteiger partial charge is 0.254 e. The zero-order valence-corrected chi connectivity index (χ0v) is 24.5. The molecule has 1 aliphatic heterocycles. The molecule has 6 nitrogen and oxygen atoms in total. The number of hydrogen-bond acceptors (Lipinski definition) is 5. The van der Waals surface area contributed by atoms with E-state index in [1.807, 2.05) is 24.3 Å². The van der Waals surface area contributed by atoms with E-state index in [1.54, 1.807) is 48.2 Å². The number of nitrogens with zero attached hydrogens (tertiary/aromatic N) is 3. The van der Waals surface area contributed by atoms with E-state index in [-0.39, 0.29) is 35.3 Å². The van der Waals surface area contributed by atoms with Gasteiger partial charge in [0.15, 0.2) is 0 Å². The molecule has 5 aromatic rings. The molecule has 0 radical (unpaired) electrons. The Bertz CT molecular complexity index is 1790. The molecule has 4 aromatic carbocycles. The van der Waals surface area contributed by atoms with Crippen LogP contribution in [-0.4, -0.2) is 22.3 Å². The SMILES string of the molecule is CC(N)c1cnc(-c2cc(C(=O)N3CCCC3c3ccc(F)cc3)cc(-c3cccc(F)c3C#N)c2)o1.Cc1ccccc1. The summed E-state index contributed by atoms with van der Waals surface area (Å²) in [6.07, 6.45) is 3.09. The Morgan fingerprint density at radius 2 is 1.75 bits per heavy atom. The number of carbonyl (C=O) groups excluding carboxylic acids is 1. The van der Waals surface area contributed by atoms with Crippen LogP contribution in [0.15, 0.2) is 102 Å². The molecule has 2 heterocycles. The van der Waals surface area contributed by atoms with Crippen LogP contribution in [0.4, 0.5) is 8.78 Å².